The number of nitrogens with one attached hydrogen (secondary N) is 1. The van der Waals surface area contributed by atoms with Gasteiger partial charge in [0.1, 0.15) is 0 Å². The van der Waals surface area contributed by atoms with Gasteiger partial charge in [-0.3, -0.25) is 4.68 Å². The summed E-state index contributed by atoms with van der Waals surface area (Å²) in [5.41, 5.74) is 0. The normalized spacial score (nSPS) is 9.90. The minimum atomic E-state index is 0.928. The number of aryl methyl sites for hydroxylation is 1. The molecule has 0 saturated heterocycles. The molecule has 10 heavy (non-hydrogen) atoms. The van der Waals surface area contributed by atoms with Crippen molar-refractivity contribution in [3.05, 3.63) is 9.77 Å². The third-order valence-electron chi connectivity index (χ3n) is 1.28. The van der Waals surface area contributed by atoms with Gasteiger partial charge in [0.2, 0.25) is 0 Å². The van der Waals surface area contributed by atoms with E-state index in [0.717, 1.165) is 12.4 Å². The standard InChI is InChI=1S/C6H10IN3/c1-3-10-4-5(7)6(8-2)9-10/h4H,3H2,1-2H3,(H,8,9). The lowest BCUT2D eigenvalue weighted by molar-refractivity contribution is 0.662. The Labute approximate surface area is 73.9 Å². The lowest BCUT2D eigenvalue weighted by atomic mass is 10.6. The molecule has 0 bridgehead atoms. The van der Waals surface area contributed by atoms with Crippen molar-refractivity contribution < 1.29 is 0 Å². The number of hydrogen-bond donors (Lipinski definition) is 1. The van der Waals surface area contributed by atoms with Crippen LogP contribution in [0.2, 0.25) is 0 Å². The van der Waals surface area contributed by atoms with Crippen LogP contribution in [0.5, 0.6) is 0 Å². The van der Waals surface area contributed by atoms with E-state index >= 15 is 0 Å². The van der Waals surface area contributed by atoms with Crippen molar-refractivity contribution in [2.45, 2.75) is 13.5 Å². The molecule has 0 aliphatic rings. The Balaban J connectivity index is 2.92. The van der Waals surface area contributed by atoms with Crippen LogP contribution < -0.4 is 5.32 Å². The molecule has 1 heterocycles. The van der Waals surface area contributed by atoms with Gasteiger partial charge in [0, 0.05) is 19.8 Å². The fourth-order valence-corrected chi connectivity index (χ4v) is 1.43. The smallest absolute Gasteiger partial charge is 0.161 e. The first kappa shape index (κ1) is 7.84. The summed E-state index contributed by atoms with van der Waals surface area (Å²) in [6, 6.07) is 0. The fourth-order valence-electron chi connectivity index (χ4n) is 0.728. The number of anilines is 1. The van der Waals surface area contributed by atoms with Gasteiger partial charge in [-0.25, -0.2) is 0 Å². The van der Waals surface area contributed by atoms with Crippen molar-refractivity contribution in [1.82, 2.24) is 9.78 Å². The highest BCUT2D eigenvalue weighted by Crippen LogP contribution is 2.13. The molecule has 1 aromatic heterocycles. The van der Waals surface area contributed by atoms with Crippen LogP contribution in [0.25, 0.3) is 0 Å². The van der Waals surface area contributed by atoms with Gasteiger partial charge in [-0.2, -0.15) is 5.10 Å². The molecule has 0 fully saturated rings. The van der Waals surface area contributed by atoms with Crippen LogP contribution in [-0.4, -0.2) is 16.8 Å². The first-order valence-corrected chi connectivity index (χ1v) is 4.26. The average molecular weight is 251 g/mol. The lowest BCUT2D eigenvalue weighted by Crippen LogP contribution is -1.95. The molecule has 0 aliphatic carbocycles. The maximum Gasteiger partial charge on any atom is 0.161 e. The molecule has 0 radical (unpaired) electrons. The molecule has 1 N–H and O–H groups in total. The Bertz CT molecular complexity index is 219. The van der Waals surface area contributed by atoms with Crippen molar-refractivity contribution in [3.8, 4) is 0 Å². The number of nitrogens with zero attached hydrogens (tertiary/aromatic N) is 2. The third kappa shape index (κ3) is 1.42. The lowest BCUT2D eigenvalue weighted by Gasteiger charge is -1.92. The minimum absolute atomic E-state index is 0.928. The zero-order valence-corrected chi connectivity index (χ0v) is 8.21. The van der Waals surface area contributed by atoms with Gasteiger partial charge < -0.3 is 5.32 Å². The molecule has 3 nitrogen and oxygen atoms in total. The number of hydrogen-bond acceptors (Lipinski definition) is 2. The Morgan fingerprint density at radius 2 is 2.50 bits per heavy atom. The largest absolute Gasteiger partial charge is 0.371 e. The Kier molecular flexibility index (Phi) is 2.53. The van der Waals surface area contributed by atoms with Crippen LogP contribution in [0.1, 0.15) is 6.92 Å². The summed E-state index contributed by atoms with van der Waals surface area (Å²) in [6.07, 6.45) is 2.02. The third-order valence-corrected chi connectivity index (χ3v) is 2.07. The van der Waals surface area contributed by atoms with E-state index in [0.29, 0.717) is 0 Å². The first-order chi connectivity index (χ1) is 4.77. The predicted octanol–water partition coefficient (Wildman–Crippen LogP) is 1.55. The SMILES string of the molecule is CCn1cc(I)c(NC)n1. The molecule has 56 valence electrons. The molecular weight excluding hydrogens is 241 g/mol. The van der Waals surface area contributed by atoms with Gasteiger partial charge in [-0.05, 0) is 29.5 Å². The average Bonchev–Trinajstić information content (AvgIpc) is 2.30. The Morgan fingerprint density at radius 1 is 1.80 bits per heavy atom. The maximum absolute atomic E-state index is 4.24. The predicted molar refractivity (Wildman–Crippen MR) is 50.2 cm³/mol. The summed E-state index contributed by atoms with van der Waals surface area (Å²) < 4.78 is 3.08. The van der Waals surface area contributed by atoms with Crippen LogP contribution >= 0.6 is 22.6 Å². The van der Waals surface area contributed by atoms with Gasteiger partial charge in [-0.15, -0.1) is 0 Å². The van der Waals surface area contributed by atoms with Crippen LogP contribution in [0.15, 0.2) is 6.20 Å². The number of aromatic nitrogens is 2. The molecule has 0 aliphatic heterocycles. The molecule has 0 amide bonds. The van der Waals surface area contributed by atoms with E-state index in [-0.39, 0.29) is 0 Å². The van der Waals surface area contributed by atoms with Gasteiger partial charge >= 0.3 is 0 Å². The van der Waals surface area contributed by atoms with Gasteiger partial charge in [-0.1, -0.05) is 0 Å². The molecule has 0 atom stereocenters. The topological polar surface area (TPSA) is 29.9 Å². The second kappa shape index (κ2) is 3.23. The second-order valence-electron chi connectivity index (χ2n) is 1.93. The zero-order valence-electron chi connectivity index (χ0n) is 6.06. The molecule has 1 aromatic rings. The van der Waals surface area contributed by atoms with Crippen molar-refractivity contribution in [2.75, 3.05) is 12.4 Å². The minimum Gasteiger partial charge on any atom is -0.371 e. The van der Waals surface area contributed by atoms with Gasteiger partial charge in [0.15, 0.2) is 5.82 Å². The van der Waals surface area contributed by atoms with Crippen LogP contribution in [-0.2, 0) is 6.54 Å². The summed E-state index contributed by atoms with van der Waals surface area (Å²) >= 11 is 2.26. The highest BCUT2D eigenvalue weighted by molar-refractivity contribution is 14.1. The van der Waals surface area contributed by atoms with Gasteiger partial charge in [0.05, 0.1) is 3.57 Å². The first-order valence-electron chi connectivity index (χ1n) is 3.18. The maximum atomic E-state index is 4.24. The summed E-state index contributed by atoms with van der Waals surface area (Å²) in [5.74, 6) is 0.961. The Morgan fingerprint density at radius 3 is 2.80 bits per heavy atom. The van der Waals surface area contributed by atoms with E-state index in [9.17, 15) is 0 Å². The summed E-state index contributed by atoms with van der Waals surface area (Å²) in [7, 11) is 1.88. The number of rotatable bonds is 2. The molecule has 0 saturated carbocycles. The molecule has 0 spiro atoms. The van der Waals surface area contributed by atoms with Crippen molar-refractivity contribution in [1.29, 1.82) is 0 Å². The van der Waals surface area contributed by atoms with Crippen molar-refractivity contribution >= 4 is 28.4 Å². The molecule has 0 aromatic carbocycles. The van der Waals surface area contributed by atoms with Crippen molar-refractivity contribution in [2.24, 2.45) is 0 Å². The summed E-state index contributed by atoms with van der Waals surface area (Å²) in [5, 5.41) is 7.26. The summed E-state index contributed by atoms with van der Waals surface area (Å²) in [4.78, 5) is 0. The highest BCUT2D eigenvalue weighted by Gasteiger charge is 2.00. The summed E-state index contributed by atoms with van der Waals surface area (Å²) in [6.45, 7) is 3.00. The number of halogens is 1. The zero-order chi connectivity index (χ0) is 7.56. The van der Waals surface area contributed by atoms with E-state index in [4.69, 9.17) is 0 Å². The Hall–Kier alpha value is -0.260. The fraction of sp³-hybridized carbons (Fsp3) is 0.500. The van der Waals surface area contributed by atoms with E-state index in [2.05, 4.69) is 39.9 Å². The molecular formula is C6H10IN3. The second-order valence-corrected chi connectivity index (χ2v) is 3.09. The van der Waals surface area contributed by atoms with Gasteiger partial charge in [0.25, 0.3) is 0 Å². The van der Waals surface area contributed by atoms with E-state index in [1.54, 1.807) is 0 Å². The van der Waals surface area contributed by atoms with Crippen LogP contribution in [0.4, 0.5) is 5.82 Å². The van der Waals surface area contributed by atoms with Crippen molar-refractivity contribution in [3.63, 3.8) is 0 Å². The van der Waals surface area contributed by atoms with E-state index in [1.165, 1.54) is 3.57 Å². The quantitative estimate of drug-likeness (QED) is 0.808. The van der Waals surface area contributed by atoms with E-state index in [1.807, 2.05) is 17.9 Å². The van der Waals surface area contributed by atoms with E-state index < -0.39 is 0 Å². The van der Waals surface area contributed by atoms with Crippen LogP contribution in [0, 0.1) is 3.57 Å². The molecule has 4 heteroatoms. The van der Waals surface area contributed by atoms with Crippen LogP contribution in [0.3, 0.4) is 0 Å². The highest BCUT2D eigenvalue weighted by atomic mass is 127. The molecule has 0 unspecified atom stereocenters. The molecule has 1 rings (SSSR count). The monoisotopic (exact) mass is 251 g/mol.